The Morgan fingerprint density at radius 2 is 1.73 bits per heavy atom. The Morgan fingerprint density at radius 1 is 0.939 bits per heavy atom. The average molecular weight is 447 g/mol. The molecular weight excluding hydrogens is 420 g/mol. The fourth-order valence-corrected chi connectivity index (χ4v) is 4.15. The fraction of sp³-hybridized carbons (Fsp3) is 0.320. The van der Waals surface area contributed by atoms with Crippen molar-refractivity contribution >= 4 is 11.6 Å². The van der Waals surface area contributed by atoms with Crippen LogP contribution in [0.15, 0.2) is 59.4 Å². The van der Waals surface area contributed by atoms with Gasteiger partial charge in [0.15, 0.2) is 11.5 Å². The predicted molar refractivity (Wildman–Crippen MR) is 124 cm³/mol. The average Bonchev–Trinajstić information content (AvgIpc) is 3.33. The molecule has 170 valence electrons. The van der Waals surface area contributed by atoms with E-state index in [1.165, 1.54) is 35.7 Å². The number of ether oxygens (including phenoxy) is 2. The molecule has 5 rings (SSSR count). The number of nitrogens with one attached hydrogen (secondary N) is 1. The van der Waals surface area contributed by atoms with Crippen molar-refractivity contribution in [1.82, 2.24) is 15.1 Å². The van der Waals surface area contributed by atoms with E-state index in [4.69, 9.17) is 9.47 Å². The molecule has 0 spiro atoms. The maximum absolute atomic E-state index is 12.5. The van der Waals surface area contributed by atoms with E-state index in [-0.39, 0.29) is 24.8 Å². The molecule has 0 aliphatic carbocycles. The molecular formula is C25H26N4O4. The Bertz CT molecular complexity index is 1200. The van der Waals surface area contributed by atoms with Crippen molar-refractivity contribution < 1.29 is 14.3 Å². The van der Waals surface area contributed by atoms with Crippen molar-refractivity contribution in [2.45, 2.75) is 32.4 Å². The molecule has 2 aliphatic heterocycles. The Balaban J connectivity index is 1.23. The Morgan fingerprint density at radius 3 is 2.55 bits per heavy atom. The van der Waals surface area contributed by atoms with E-state index in [2.05, 4.69) is 27.4 Å². The molecule has 33 heavy (non-hydrogen) atoms. The summed E-state index contributed by atoms with van der Waals surface area (Å²) in [6.07, 6.45) is 3.75. The van der Waals surface area contributed by atoms with Gasteiger partial charge in [-0.2, -0.15) is 5.10 Å². The quantitative estimate of drug-likeness (QED) is 0.627. The van der Waals surface area contributed by atoms with Crippen LogP contribution in [0.5, 0.6) is 11.5 Å². The molecule has 1 N–H and O–H groups in total. The van der Waals surface area contributed by atoms with E-state index in [9.17, 15) is 9.59 Å². The van der Waals surface area contributed by atoms with Gasteiger partial charge in [0.2, 0.25) is 12.7 Å². The van der Waals surface area contributed by atoms with Crippen LogP contribution < -0.4 is 25.2 Å². The topological polar surface area (TPSA) is 85.7 Å². The lowest BCUT2D eigenvalue weighted by Gasteiger charge is -2.28. The number of carbonyl (C=O) groups excluding carboxylic acids is 1. The summed E-state index contributed by atoms with van der Waals surface area (Å²) < 4.78 is 11.9. The molecule has 0 radical (unpaired) electrons. The largest absolute Gasteiger partial charge is 0.454 e. The third kappa shape index (κ3) is 4.84. The maximum Gasteiger partial charge on any atom is 0.267 e. The van der Waals surface area contributed by atoms with E-state index in [0.717, 1.165) is 24.2 Å². The minimum Gasteiger partial charge on any atom is -0.454 e. The highest BCUT2D eigenvalue weighted by atomic mass is 16.7. The number of anilines is 1. The van der Waals surface area contributed by atoms with Crippen molar-refractivity contribution in [2.75, 3.05) is 24.8 Å². The number of fused-ring (bicyclic) bond motifs is 1. The van der Waals surface area contributed by atoms with Gasteiger partial charge in [-0.25, -0.2) is 4.68 Å². The summed E-state index contributed by atoms with van der Waals surface area (Å²) in [5.41, 5.74) is 3.33. The first-order valence-corrected chi connectivity index (χ1v) is 11.2. The minimum absolute atomic E-state index is 0.150. The van der Waals surface area contributed by atoms with Crippen molar-refractivity contribution in [3.63, 3.8) is 0 Å². The highest BCUT2D eigenvalue weighted by Crippen LogP contribution is 2.32. The number of carbonyl (C=O) groups is 1. The van der Waals surface area contributed by atoms with E-state index in [0.29, 0.717) is 23.7 Å². The molecule has 1 saturated heterocycles. The van der Waals surface area contributed by atoms with Crippen molar-refractivity contribution in [1.29, 1.82) is 0 Å². The highest BCUT2D eigenvalue weighted by molar-refractivity contribution is 5.75. The van der Waals surface area contributed by atoms with Crippen LogP contribution in [-0.2, 0) is 17.9 Å². The molecule has 3 aromatic rings. The molecule has 8 nitrogen and oxygen atoms in total. The first-order valence-electron chi connectivity index (χ1n) is 11.2. The summed E-state index contributed by atoms with van der Waals surface area (Å²) in [5, 5.41) is 7.25. The molecule has 2 aliphatic rings. The number of rotatable bonds is 6. The summed E-state index contributed by atoms with van der Waals surface area (Å²) in [6, 6.07) is 16.9. The molecule has 3 heterocycles. The lowest BCUT2D eigenvalue weighted by molar-refractivity contribution is -0.122. The molecule has 1 amide bonds. The van der Waals surface area contributed by atoms with Gasteiger partial charge in [-0.3, -0.25) is 9.59 Å². The van der Waals surface area contributed by atoms with Crippen LogP contribution in [-0.4, -0.2) is 35.6 Å². The van der Waals surface area contributed by atoms with Crippen LogP contribution >= 0.6 is 0 Å². The lowest BCUT2D eigenvalue weighted by atomic mass is 10.1. The third-order valence-electron chi connectivity index (χ3n) is 5.97. The van der Waals surface area contributed by atoms with Gasteiger partial charge in [-0.15, -0.1) is 0 Å². The Labute approximate surface area is 191 Å². The summed E-state index contributed by atoms with van der Waals surface area (Å²) in [4.78, 5) is 27.1. The fourth-order valence-electron chi connectivity index (χ4n) is 4.15. The van der Waals surface area contributed by atoms with E-state index in [1.807, 2.05) is 30.3 Å². The summed E-state index contributed by atoms with van der Waals surface area (Å²) in [5.74, 6) is 1.07. The summed E-state index contributed by atoms with van der Waals surface area (Å²) in [7, 11) is 0. The van der Waals surface area contributed by atoms with Crippen molar-refractivity contribution in [3.8, 4) is 22.8 Å². The molecule has 8 heteroatoms. The molecule has 0 unspecified atom stereocenters. The maximum atomic E-state index is 12.5. The van der Waals surface area contributed by atoms with Gasteiger partial charge in [-0.05, 0) is 55.2 Å². The summed E-state index contributed by atoms with van der Waals surface area (Å²) in [6.45, 7) is 2.55. The molecule has 1 aromatic heterocycles. The molecule has 0 bridgehead atoms. The van der Waals surface area contributed by atoms with Crippen LogP contribution in [0.25, 0.3) is 11.3 Å². The van der Waals surface area contributed by atoms with E-state index < -0.39 is 0 Å². The zero-order valence-electron chi connectivity index (χ0n) is 18.3. The zero-order valence-corrected chi connectivity index (χ0v) is 18.3. The third-order valence-corrected chi connectivity index (χ3v) is 5.97. The van der Waals surface area contributed by atoms with Gasteiger partial charge in [0.1, 0.15) is 6.54 Å². The molecule has 0 saturated carbocycles. The first-order chi connectivity index (χ1) is 16.2. The smallest absolute Gasteiger partial charge is 0.267 e. The number of nitrogens with zero attached hydrogens (tertiary/aromatic N) is 3. The number of amides is 1. The summed E-state index contributed by atoms with van der Waals surface area (Å²) >= 11 is 0. The van der Waals surface area contributed by atoms with Crippen molar-refractivity contribution in [3.05, 3.63) is 70.5 Å². The molecule has 1 fully saturated rings. The second kappa shape index (κ2) is 9.36. The van der Waals surface area contributed by atoms with Crippen LogP contribution in [0.4, 0.5) is 5.69 Å². The second-order valence-electron chi connectivity index (χ2n) is 8.27. The normalized spacial score (nSPS) is 14.8. The van der Waals surface area contributed by atoms with Gasteiger partial charge >= 0.3 is 0 Å². The van der Waals surface area contributed by atoms with E-state index >= 15 is 0 Å². The number of hydrogen-bond acceptors (Lipinski definition) is 6. The predicted octanol–water partition coefficient (Wildman–Crippen LogP) is 2.95. The van der Waals surface area contributed by atoms with Crippen molar-refractivity contribution in [2.24, 2.45) is 0 Å². The number of hydrogen-bond donors (Lipinski definition) is 1. The van der Waals surface area contributed by atoms with Gasteiger partial charge in [-0.1, -0.05) is 18.2 Å². The van der Waals surface area contributed by atoms with E-state index in [1.54, 1.807) is 6.07 Å². The van der Waals surface area contributed by atoms with Crippen LogP contribution in [0.2, 0.25) is 0 Å². The van der Waals surface area contributed by atoms with Crippen LogP contribution in [0.1, 0.15) is 24.8 Å². The minimum atomic E-state index is -0.318. The molecule has 2 aromatic carbocycles. The number of aromatic nitrogens is 2. The molecule has 0 atom stereocenters. The van der Waals surface area contributed by atoms with Gasteiger partial charge in [0.25, 0.3) is 5.56 Å². The zero-order chi connectivity index (χ0) is 22.6. The Kier molecular flexibility index (Phi) is 5.97. The lowest BCUT2D eigenvalue weighted by Crippen LogP contribution is -2.33. The van der Waals surface area contributed by atoms with Gasteiger partial charge in [0.05, 0.1) is 5.69 Å². The van der Waals surface area contributed by atoms with Crippen LogP contribution in [0.3, 0.4) is 0 Å². The SMILES string of the molecule is O=C(Cn1nc(-c2ccc(N3CCCCC3)cc2)ccc1=O)NCc1ccc2c(c1)OCO2. The second-order valence-corrected chi connectivity index (χ2v) is 8.27. The standard InChI is InChI=1S/C25H26N4O4/c30-24(26-15-18-4-10-22-23(14-18)33-17-32-22)16-29-25(31)11-9-21(27-29)19-5-7-20(8-6-19)28-12-2-1-3-13-28/h4-11,14H,1-3,12-13,15-17H2,(H,26,30). The highest BCUT2D eigenvalue weighted by Gasteiger charge is 2.14. The Hall–Kier alpha value is -3.81. The van der Waals surface area contributed by atoms with Gasteiger partial charge < -0.3 is 19.7 Å². The first kappa shape index (κ1) is 21.1. The monoisotopic (exact) mass is 446 g/mol. The number of piperidine rings is 1. The van der Waals surface area contributed by atoms with Gasteiger partial charge in [0, 0.05) is 37.0 Å². The van der Waals surface area contributed by atoms with Crippen LogP contribution in [0, 0.1) is 0 Å². The number of benzene rings is 2.